The van der Waals surface area contributed by atoms with E-state index in [0.717, 1.165) is 33.4 Å². The van der Waals surface area contributed by atoms with E-state index in [0.29, 0.717) is 17.2 Å². The number of rotatable bonds is 13. The summed E-state index contributed by atoms with van der Waals surface area (Å²) in [6.45, 7) is 2.31. The van der Waals surface area contributed by atoms with Crippen molar-refractivity contribution in [2.75, 3.05) is 5.75 Å². The summed E-state index contributed by atoms with van der Waals surface area (Å²) in [4.78, 5) is 35.2. The summed E-state index contributed by atoms with van der Waals surface area (Å²) in [7, 11) is 0. The Bertz CT molecular complexity index is 1690. The predicted octanol–water partition coefficient (Wildman–Crippen LogP) is 6.61. The number of carboxylic acids is 2. The molecule has 0 spiro atoms. The van der Waals surface area contributed by atoms with Crippen molar-refractivity contribution in [1.82, 2.24) is 5.32 Å². The van der Waals surface area contributed by atoms with E-state index >= 15 is 0 Å². The Balaban J connectivity index is 1.33. The summed E-state index contributed by atoms with van der Waals surface area (Å²) in [5, 5.41) is 30.8. The maximum Gasteiger partial charge on any atom is 0.336 e. The molecule has 5 rings (SSSR count). The average molecular weight is 656 g/mol. The number of aliphatic hydroxyl groups is 1. The highest BCUT2D eigenvalue weighted by Gasteiger charge is 2.38. The first-order valence-electron chi connectivity index (χ1n) is 15.4. The minimum Gasteiger partial charge on any atom is -0.481 e. The van der Waals surface area contributed by atoms with Crippen LogP contribution in [0.4, 0.5) is 0 Å². The zero-order chi connectivity index (χ0) is 33.3. The highest BCUT2D eigenvalue weighted by molar-refractivity contribution is 7.99. The lowest BCUT2D eigenvalue weighted by Gasteiger charge is -2.41. The third-order valence-electron chi connectivity index (χ3n) is 8.14. The van der Waals surface area contributed by atoms with E-state index in [2.05, 4.69) is 12.2 Å². The highest BCUT2D eigenvalue weighted by Crippen LogP contribution is 2.43. The first kappa shape index (κ1) is 33.9. The quantitative estimate of drug-likeness (QED) is 0.117. The molecule has 1 saturated heterocycles. The number of benzene rings is 4. The van der Waals surface area contributed by atoms with Gasteiger partial charge in [-0.2, -0.15) is 0 Å². The van der Waals surface area contributed by atoms with Crippen LogP contribution in [0.3, 0.4) is 0 Å². The zero-order valence-electron chi connectivity index (χ0n) is 25.9. The van der Waals surface area contributed by atoms with Gasteiger partial charge in [0.2, 0.25) is 5.91 Å². The molecule has 47 heavy (non-hydrogen) atoms. The van der Waals surface area contributed by atoms with Gasteiger partial charge in [0.15, 0.2) is 6.29 Å². The summed E-state index contributed by atoms with van der Waals surface area (Å²) in [6.07, 6.45) is -1.50. The number of thioether (sulfide) groups is 1. The standard InChI is InChI=1S/C37H37NO8S/c1-23-31(22-47-32-8-3-2-7-30(32)36(43)44)45-37(46-35(23)27-11-9-24(21-39)10-12-27)28-15-13-26(14-16-28)29-6-4-5-25(19-29)20-38-33(40)17-18-34(41)42/h2-16,19,23,31,35,37,39H,17-18,20-22H2,1H3,(H,38,40)(H,41,42)(H,43,44)/t23-,31+,35+,37+/m0/s1. The van der Waals surface area contributed by atoms with Gasteiger partial charge >= 0.3 is 11.9 Å². The van der Waals surface area contributed by atoms with E-state index in [1.165, 1.54) is 11.8 Å². The van der Waals surface area contributed by atoms with Crippen LogP contribution in [-0.2, 0) is 32.2 Å². The normalized spacial score (nSPS) is 19.2. The fourth-order valence-electron chi connectivity index (χ4n) is 5.45. The van der Waals surface area contributed by atoms with Gasteiger partial charge < -0.3 is 30.1 Å². The van der Waals surface area contributed by atoms with Crippen molar-refractivity contribution in [3.8, 4) is 11.1 Å². The summed E-state index contributed by atoms with van der Waals surface area (Å²) in [6, 6.07) is 30.3. The van der Waals surface area contributed by atoms with Crippen LogP contribution in [0.2, 0.25) is 0 Å². The lowest BCUT2D eigenvalue weighted by Crippen LogP contribution is -2.38. The van der Waals surface area contributed by atoms with Crippen molar-refractivity contribution in [1.29, 1.82) is 0 Å². The Morgan fingerprint density at radius 3 is 2.21 bits per heavy atom. The number of aliphatic hydroxyl groups excluding tert-OH is 1. The van der Waals surface area contributed by atoms with Crippen LogP contribution in [0.25, 0.3) is 11.1 Å². The SMILES string of the molecule is C[C@H]1[C@@H](CSc2ccccc2C(=O)O)O[C@@H](c2ccc(-c3cccc(CNC(=O)CCC(=O)O)c3)cc2)O[C@H]1c1ccc(CO)cc1. The summed E-state index contributed by atoms with van der Waals surface area (Å²) >= 11 is 1.45. The highest BCUT2D eigenvalue weighted by atomic mass is 32.2. The molecule has 0 unspecified atom stereocenters. The van der Waals surface area contributed by atoms with Gasteiger partial charge in [0.25, 0.3) is 0 Å². The molecule has 1 heterocycles. The van der Waals surface area contributed by atoms with E-state index in [4.69, 9.17) is 14.6 Å². The Morgan fingerprint density at radius 2 is 1.51 bits per heavy atom. The number of carbonyl (C=O) groups is 3. The number of carbonyl (C=O) groups excluding carboxylic acids is 1. The largest absolute Gasteiger partial charge is 0.481 e. The first-order valence-corrected chi connectivity index (χ1v) is 16.3. The lowest BCUT2D eigenvalue weighted by molar-refractivity contribution is -0.268. The molecule has 1 fully saturated rings. The van der Waals surface area contributed by atoms with Crippen LogP contribution in [0.1, 0.15) is 64.8 Å². The van der Waals surface area contributed by atoms with Crippen LogP contribution >= 0.6 is 11.8 Å². The average Bonchev–Trinajstić information content (AvgIpc) is 3.09. The Labute approximate surface area is 277 Å². The second-order valence-corrected chi connectivity index (χ2v) is 12.5. The van der Waals surface area contributed by atoms with Crippen molar-refractivity contribution in [2.45, 2.75) is 56.3 Å². The van der Waals surface area contributed by atoms with Gasteiger partial charge in [-0.1, -0.05) is 85.8 Å². The van der Waals surface area contributed by atoms with E-state index in [1.807, 2.05) is 84.9 Å². The van der Waals surface area contributed by atoms with Crippen molar-refractivity contribution >= 4 is 29.6 Å². The van der Waals surface area contributed by atoms with Gasteiger partial charge in [-0.25, -0.2) is 4.79 Å². The minimum atomic E-state index is -1.01. The molecule has 1 amide bonds. The van der Waals surface area contributed by atoms with Crippen molar-refractivity contribution in [2.24, 2.45) is 5.92 Å². The van der Waals surface area contributed by atoms with Crippen molar-refractivity contribution in [3.63, 3.8) is 0 Å². The predicted molar refractivity (Wildman–Crippen MR) is 178 cm³/mol. The summed E-state index contributed by atoms with van der Waals surface area (Å²) < 4.78 is 13.1. The van der Waals surface area contributed by atoms with Gasteiger partial charge in [0, 0.05) is 35.1 Å². The molecule has 10 heteroatoms. The van der Waals surface area contributed by atoms with Crippen molar-refractivity contribution < 1.29 is 39.2 Å². The summed E-state index contributed by atoms with van der Waals surface area (Å²) in [5.41, 5.74) is 5.68. The smallest absolute Gasteiger partial charge is 0.336 e. The minimum absolute atomic E-state index is 0.0496. The number of amides is 1. The molecule has 1 aliphatic rings. The lowest BCUT2D eigenvalue weighted by atomic mass is 9.91. The van der Waals surface area contributed by atoms with Crippen molar-refractivity contribution in [3.05, 3.63) is 125 Å². The molecule has 4 aromatic rings. The number of aromatic carboxylic acids is 1. The Kier molecular flexibility index (Phi) is 11.4. The molecule has 9 nitrogen and oxygen atoms in total. The van der Waals surface area contributed by atoms with Crippen LogP contribution < -0.4 is 5.32 Å². The van der Waals surface area contributed by atoms with Gasteiger partial charge in [-0.3, -0.25) is 9.59 Å². The van der Waals surface area contributed by atoms with Gasteiger partial charge in [0.05, 0.1) is 30.8 Å². The topological polar surface area (TPSA) is 142 Å². The van der Waals surface area contributed by atoms with Gasteiger partial charge in [0.1, 0.15) is 0 Å². The molecule has 4 atom stereocenters. The molecule has 0 radical (unpaired) electrons. The third kappa shape index (κ3) is 8.87. The molecule has 4 aromatic carbocycles. The van der Waals surface area contributed by atoms with Gasteiger partial charge in [-0.15, -0.1) is 11.8 Å². The van der Waals surface area contributed by atoms with E-state index in [1.54, 1.807) is 12.1 Å². The Morgan fingerprint density at radius 1 is 0.787 bits per heavy atom. The molecule has 0 aliphatic carbocycles. The van der Waals surface area contributed by atoms with E-state index in [9.17, 15) is 24.6 Å². The number of hydrogen-bond acceptors (Lipinski definition) is 7. The van der Waals surface area contributed by atoms with Gasteiger partial charge in [-0.05, 0) is 46.0 Å². The van der Waals surface area contributed by atoms with Crippen LogP contribution in [0.5, 0.6) is 0 Å². The zero-order valence-corrected chi connectivity index (χ0v) is 26.7. The third-order valence-corrected chi connectivity index (χ3v) is 9.30. The number of hydrogen-bond donors (Lipinski definition) is 4. The van der Waals surface area contributed by atoms with Crippen LogP contribution in [-0.4, -0.2) is 45.0 Å². The maximum absolute atomic E-state index is 12.0. The van der Waals surface area contributed by atoms with E-state index < -0.39 is 18.2 Å². The molecule has 0 aromatic heterocycles. The molecule has 244 valence electrons. The molecule has 1 aliphatic heterocycles. The van der Waals surface area contributed by atoms with Crippen LogP contribution in [0.15, 0.2) is 102 Å². The second kappa shape index (κ2) is 15.9. The molecular weight excluding hydrogens is 618 g/mol. The number of ether oxygens (including phenoxy) is 2. The number of aliphatic carboxylic acids is 1. The number of nitrogens with one attached hydrogen (secondary N) is 1. The first-order chi connectivity index (χ1) is 22.7. The molecular formula is C37H37NO8S. The summed E-state index contributed by atoms with van der Waals surface area (Å²) in [5.74, 6) is -1.82. The second-order valence-electron chi connectivity index (χ2n) is 11.4. The Hall–Kier alpha value is -4.48. The fourth-order valence-corrected chi connectivity index (χ4v) is 6.67. The molecule has 0 saturated carbocycles. The van der Waals surface area contributed by atoms with Crippen LogP contribution in [0, 0.1) is 5.92 Å². The monoisotopic (exact) mass is 655 g/mol. The fraction of sp³-hybridized carbons (Fsp3) is 0.270. The maximum atomic E-state index is 12.0. The molecule has 0 bridgehead atoms. The van der Waals surface area contributed by atoms with E-state index in [-0.39, 0.29) is 49.0 Å². The number of carboxylic acid groups (broad SMARTS) is 2. The molecule has 4 N–H and O–H groups in total.